The van der Waals surface area contributed by atoms with E-state index < -0.39 is 24.7 Å². The van der Waals surface area contributed by atoms with Gasteiger partial charge in [0.1, 0.15) is 24.4 Å². The second-order valence-electron chi connectivity index (χ2n) is 7.31. The molecule has 0 aliphatic heterocycles. The molecule has 0 fully saturated rings. The minimum Gasteiger partial charge on any atom is -0.402 e. The van der Waals surface area contributed by atoms with E-state index in [4.69, 9.17) is 5.73 Å². The zero-order chi connectivity index (χ0) is 24.2. The van der Waals surface area contributed by atoms with Crippen molar-refractivity contribution in [2.45, 2.75) is 26.1 Å². The van der Waals surface area contributed by atoms with Crippen LogP contribution in [-0.4, -0.2) is 38.3 Å². The van der Waals surface area contributed by atoms with Gasteiger partial charge in [0, 0.05) is 23.1 Å². The van der Waals surface area contributed by atoms with Gasteiger partial charge in [0.2, 0.25) is 0 Å². The van der Waals surface area contributed by atoms with Crippen molar-refractivity contribution in [3.8, 4) is 5.82 Å². The minimum absolute atomic E-state index is 0.114. The van der Waals surface area contributed by atoms with Gasteiger partial charge in [-0.1, -0.05) is 6.07 Å². The van der Waals surface area contributed by atoms with Crippen molar-refractivity contribution in [1.82, 2.24) is 19.9 Å². The average Bonchev–Trinajstić information content (AvgIpc) is 3.17. The third-order valence-electron chi connectivity index (χ3n) is 4.53. The van der Waals surface area contributed by atoms with Gasteiger partial charge in [0.15, 0.2) is 0 Å². The van der Waals surface area contributed by atoms with E-state index in [1.807, 2.05) is 6.07 Å². The number of anilines is 1. The highest BCUT2D eigenvalue weighted by molar-refractivity contribution is 5.94. The molecule has 0 radical (unpaired) electrons. The molecule has 8 nitrogen and oxygen atoms in total. The number of nitrogens with one attached hydrogen (secondary N) is 2. The number of rotatable bonds is 7. The second kappa shape index (κ2) is 9.74. The first-order valence-corrected chi connectivity index (χ1v) is 9.92. The number of aliphatic hydroxyl groups excluding tert-OH is 1. The number of pyridine rings is 1. The lowest BCUT2D eigenvalue weighted by molar-refractivity contribution is -0.123. The number of amides is 1. The molecule has 0 spiro atoms. The van der Waals surface area contributed by atoms with Crippen LogP contribution in [0.15, 0.2) is 60.7 Å². The Morgan fingerprint density at radius 3 is 2.73 bits per heavy atom. The Bertz CT molecular complexity index is 1210. The Morgan fingerprint density at radius 1 is 1.30 bits per heavy atom. The van der Waals surface area contributed by atoms with Crippen LogP contribution in [0.1, 0.15) is 36.0 Å². The Kier molecular flexibility index (Phi) is 7.02. The van der Waals surface area contributed by atoms with Crippen molar-refractivity contribution in [3.63, 3.8) is 0 Å². The summed E-state index contributed by atoms with van der Waals surface area (Å²) >= 11 is 0. The minimum atomic E-state index is -4.57. The zero-order valence-electron chi connectivity index (χ0n) is 17.9. The molecule has 5 N–H and O–H groups in total. The molecule has 174 valence electrons. The predicted molar refractivity (Wildman–Crippen MR) is 119 cm³/mol. The lowest BCUT2D eigenvalue weighted by Gasteiger charge is -2.14. The number of fused-ring (bicyclic) bond motifs is 1. The van der Waals surface area contributed by atoms with E-state index in [1.165, 1.54) is 19.3 Å². The number of imidazole rings is 1. The molecule has 3 rings (SSSR count). The Hall–Kier alpha value is -3.86. The quantitative estimate of drug-likeness (QED) is 0.401. The van der Waals surface area contributed by atoms with Crippen LogP contribution in [0.25, 0.3) is 16.9 Å². The largest absolute Gasteiger partial charge is 0.405 e. The van der Waals surface area contributed by atoms with Gasteiger partial charge in [-0.3, -0.25) is 9.36 Å². The van der Waals surface area contributed by atoms with Gasteiger partial charge >= 0.3 is 6.18 Å². The van der Waals surface area contributed by atoms with Crippen LogP contribution in [0.4, 0.5) is 18.9 Å². The van der Waals surface area contributed by atoms with Crippen LogP contribution in [-0.2, 0) is 0 Å². The van der Waals surface area contributed by atoms with E-state index in [2.05, 4.69) is 15.3 Å². The van der Waals surface area contributed by atoms with E-state index in [9.17, 15) is 23.1 Å². The number of benzene rings is 1. The normalized spacial score (nSPS) is 13.5. The van der Waals surface area contributed by atoms with Crippen molar-refractivity contribution in [2.24, 2.45) is 5.73 Å². The van der Waals surface area contributed by atoms with E-state index in [-0.39, 0.29) is 17.1 Å². The highest BCUT2D eigenvalue weighted by atomic mass is 19.4. The molecule has 1 amide bonds. The predicted octanol–water partition coefficient (Wildman–Crippen LogP) is 3.55. The van der Waals surface area contributed by atoms with Crippen molar-refractivity contribution in [1.29, 1.82) is 0 Å². The number of hydrogen-bond acceptors (Lipinski definition) is 6. The van der Waals surface area contributed by atoms with Gasteiger partial charge in [-0.15, -0.1) is 0 Å². The Labute approximate surface area is 187 Å². The summed E-state index contributed by atoms with van der Waals surface area (Å²) in [7, 11) is 0. The van der Waals surface area contributed by atoms with Gasteiger partial charge in [-0.2, -0.15) is 13.2 Å². The van der Waals surface area contributed by atoms with Crippen molar-refractivity contribution < 1.29 is 23.1 Å². The first-order valence-electron chi connectivity index (χ1n) is 9.92. The molecule has 1 unspecified atom stereocenters. The lowest BCUT2D eigenvalue weighted by atomic mass is 10.1. The van der Waals surface area contributed by atoms with Gasteiger partial charge in [-0.05, 0) is 50.3 Å². The average molecular weight is 460 g/mol. The number of nitrogens with two attached hydrogens (primary N) is 1. The van der Waals surface area contributed by atoms with Gasteiger partial charge in [0.25, 0.3) is 5.91 Å². The molecule has 0 bridgehead atoms. The molecule has 3 aromatic rings. The maximum Gasteiger partial charge on any atom is 0.405 e. The topological polar surface area (TPSA) is 118 Å². The van der Waals surface area contributed by atoms with E-state index in [0.29, 0.717) is 16.7 Å². The van der Waals surface area contributed by atoms with Crippen LogP contribution in [0, 0.1) is 0 Å². The monoisotopic (exact) mass is 460 g/mol. The second-order valence-corrected chi connectivity index (χ2v) is 7.31. The van der Waals surface area contributed by atoms with Gasteiger partial charge in [0.05, 0.1) is 17.1 Å². The molecule has 1 atom stereocenters. The van der Waals surface area contributed by atoms with Crippen molar-refractivity contribution in [3.05, 3.63) is 72.0 Å². The highest BCUT2D eigenvalue weighted by Gasteiger charge is 2.29. The number of carbonyl (C=O) groups is 1. The van der Waals surface area contributed by atoms with Crippen molar-refractivity contribution >= 4 is 22.6 Å². The number of nitrogens with zero attached hydrogens (tertiary/aromatic N) is 3. The summed E-state index contributed by atoms with van der Waals surface area (Å²) in [6, 6.07) is 8.41. The molecule has 2 heterocycles. The van der Waals surface area contributed by atoms with E-state index >= 15 is 0 Å². The first-order chi connectivity index (χ1) is 15.5. The van der Waals surface area contributed by atoms with E-state index in [0.717, 1.165) is 5.69 Å². The Balaban J connectivity index is 1.92. The summed E-state index contributed by atoms with van der Waals surface area (Å²) in [5.74, 6) is -0.766. The summed E-state index contributed by atoms with van der Waals surface area (Å²) in [6.07, 6.45) is 1.04. The number of aliphatic hydroxyl groups is 1. The lowest BCUT2D eigenvalue weighted by Crippen LogP contribution is -2.35. The number of allylic oxidation sites excluding steroid dienone is 3. The standard InChI is InChI=1S/C22H23F3N6O2/c1-13(26)4-3-9-27-15-5-7-18-17(10-15)29-12-31(18)19-8-6-16(14(2)32)20(30-19)21(33)28-11-22(23,24)25/h3-10,12,14,27,32H,11,26H2,1-2H3,(H,28,33)/b9-3+,13-4-. The fourth-order valence-corrected chi connectivity index (χ4v) is 3.01. The highest BCUT2D eigenvalue weighted by Crippen LogP contribution is 2.24. The first kappa shape index (κ1) is 23.8. The summed E-state index contributed by atoms with van der Waals surface area (Å²) in [6.45, 7) is 1.67. The van der Waals surface area contributed by atoms with Crippen molar-refractivity contribution in [2.75, 3.05) is 11.9 Å². The maximum absolute atomic E-state index is 12.5. The molecular formula is C22H23F3N6O2. The number of aromatic nitrogens is 3. The van der Waals surface area contributed by atoms with Crippen LogP contribution < -0.4 is 16.4 Å². The number of carbonyl (C=O) groups excluding carboxylic acids is 1. The summed E-state index contributed by atoms with van der Waals surface area (Å²) in [4.78, 5) is 20.9. The number of halogens is 3. The van der Waals surface area contributed by atoms with Gasteiger partial charge < -0.3 is 21.5 Å². The summed E-state index contributed by atoms with van der Waals surface area (Å²) in [5, 5.41) is 14.8. The molecule has 0 saturated heterocycles. The molecule has 0 aliphatic rings. The molecular weight excluding hydrogens is 437 g/mol. The fourth-order valence-electron chi connectivity index (χ4n) is 3.01. The zero-order valence-corrected chi connectivity index (χ0v) is 17.9. The summed E-state index contributed by atoms with van der Waals surface area (Å²) in [5.41, 5.74) is 8.13. The number of hydrogen-bond donors (Lipinski definition) is 4. The fraction of sp³-hybridized carbons (Fsp3) is 0.227. The molecule has 11 heteroatoms. The van der Waals surface area contributed by atoms with Crippen LogP contribution in [0.3, 0.4) is 0 Å². The van der Waals surface area contributed by atoms with Crippen LogP contribution in [0.5, 0.6) is 0 Å². The van der Waals surface area contributed by atoms with Gasteiger partial charge in [-0.25, -0.2) is 9.97 Å². The third-order valence-corrected chi connectivity index (χ3v) is 4.53. The molecule has 2 aromatic heterocycles. The Morgan fingerprint density at radius 2 is 2.06 bits per heavy atom. The third kappa shape index (κ3) is 6.10. The van der Waals surface area contributed by atoms with Crippen LogP contribution >= 0.6 is 0 Å². The smallest absolute Gasteiger partial charge is 0.402 e. The molecule has 0 saturated carbocycles. The molecule has 33 heavy (non-hydrogen) atoms. The van der Waals surface area contributed by atoms with E-state index in [1.54, 1.807) is 53.4 Å². The molecule has 0 aliphatic carbocycles. The van der Waals surface area contributed by atoms with Crippen LogP contribution in [0.2, 0.25) is 0 Å². The summed E-state index contributed by atoms with van der Waals surface area (Å²) < 4.78 is 39.2. The SMILES string of the molecule is C/C(N)=C/C=C/Nc1ccc2c(c1)ncn2-c1ccc(C(C)O)c(C(=O)NCC(F)(F)F)n1. The molecule has 1 aromatic carbocycles. The number of alkyl halides is 3. The maximum atomic E-state index is 12.5.